The normalized spacial score (nSPS) is 8.75. The Hall–Kier alpha value is -1.59. The molecule has 0 unspecified atom stereocenters. The van der Waals surface area contributed by atoms with E-state index in [1.165, 1.54) is 0 Å². The number of ether oxygens (including phenoxy) is 1. The minimum absolute atomic E-state index is 0.175. The molecule has 0 atom stereocenters. The van der Waals surface area contributed by atoms with Crippen LogP contribution in [-0.4, -0.2) is 42.1 Å². The summed E-state index contributed by atoms with van der Waals surface area (Å²) in [6.45, 7) is -0.175. The summed E-state index contributed by atoms with van der Waals surface area (Å²) in [6, 6.07) is 0. The van der Waals surface area contributed by atoms with Crippen LogP contribution in [0.25, 0.3) is 0 Å². The van der Waals surface area contributed by atoms with E-state index in [2.05, 4.69) is 4.74 Å². The van der Waals surface area contributed by atoms with Crippen LogP contribution in [0.2, 0.25) is 0 Å². The Morgan fingerprint density at radius 3 is 2.50 bits per heavy atom. The Kier molecular flexibility index (Phi) is 4.43. The predicted octanol–water partition coefficient (Wildman–Crippen LogP) is -0.314. The highest BCUT2D eigenvalue weighted by atomic mass is 16.5. The van der Waals surface area contributed by atoms with Crippen molar-refractivity contribution in [2.24, 2.45) is 0 Å². The molecule has 0 spiro atoms. The van der Waals surface area contributed by atoms with Crippen LogP contribution in [-0.2, 0) is 14.3 Å². The summed E-state index contributed by atoms with van der Waals surface area (Å²) >= 11 is 0. The Labute approximate surface area is 68.7 Å². The molecule has 6 heteroatoms. The minimum atomic E-state index is -1.08. The van der Waals surface area contributed by atoms with E-state index in [9.17, 15) is 14.4 Å². The number of carbonyl (C=O) groups excluding carboxylic acids is 2. The molecule has 68 valence electrons. The quantitative estimate of drug-likeness (QED) is 0.592. The van der Waals surface area contributed by atoms with Crippen molar-refractivity contribution in [3.05, 3.63) is 0 Å². The molecule has 6 nitrogen and oxygen atoms in total. The van der Waals surface area contributed by atoms with E-state index >= 15 is 0 Å². The molecular formula is C6H9NO5. The molecule has 0 aromatic heterocycles. The van der Waals surface area contributed by atoms with Crippen molar-refractivity contribution in [2.75, 3.05) is 13.7 Å². The molecule has 0 aromatic rings. The maximum absolute atomic E-state index is 10.6. The van der Waals surface area contributed by atoms with Gasteiger partial charge in [-0.1, -0.05) is 0 Å². The van der Waals surface area contributed by atoms with E-state index in [4.69, 9.17) is 5.11 Å². The van der Waals surface area contributed by atoms with Gasteiger partial charge in [0.15, 0.2) is 0 Å². The number of carboxylic acids is 1. The smallest absolute Gasteiger partial charge is 0.416 e. The Balaban J connectivity index is 3.91. The molecular weight excluding hydrogens is 166 g/mol. The molecule has 12 heavy (non-hydrogen) atoms. The van der Waals surface area contributed by atoms with Crippen molar-refractivity contribution >= 4 is 18.5 Å². The zero-order valence-corrected chi connectivity index (χ0v) is 6.52. The van der Waals surface area contributed by atoms with Crippen molar-refractivity contribution < 1.29 is 24.2 Å². The van der Waals surface area contributed by atoms with Crippen LogP contribution in [0.15, 0.2) is 0 Å². The second kappa shape index (κ2) is 5.11. The van der Waals surface area contributed by atoms with Gasteiger partial charge >= 0.3 is 12.1 Å². The van der Waals surface area contributed by atoms with E-state index < -0.39 is 12.1 Å². The highest BCUT2D eigenvalue weighted by Gasteiger charge is 2.13. The first-order valence-electron chi connectivity index (χ1n) is 3.13. The van der Waals surface area contributed by atoms with E-state index in [0.29, 0.717) is 4.90 Å². The van der Waals surface area contributed by atoms with Crippen molar-refractivity contribution in [3.63, 3.8) is 0 Å². The van der Waals surface area contributed by atoms with Gasteiger partial charge in [0.1, 0.15) is 0 Å². The summed E-state index contributed by atoms with van der Waals surface area (Å²) in [5, 5.41) is 8.22. The number of methoxy groups -OCH3 is 1. The molecule has 0 aliphatic carbocycles. The highest BCUT2D eigenvalue weighted by molar-refractivity contribution is 5.80. The van der Waals surface area contributed by atoms with Crippen LogP contribution in [0.5, 0.6) is 0 Å². The SMILES string of the molecule is COC(=O)N(C=O)CCC(=O)O. The number of nitrogens with zero attached hydrogens (tertiary/aromatic N) is 1. The second-order valence-corrected chi connectivity index (χ2v) is 1.91. The van der Waals surface area contributed by atoms with Gasteiger partial charge in [0.05, 0.1) is 13.5 Å². The number of hydrogen-bond donors (Lipinski definition) is 1. The van der Waals surface area contributed by atoms with Gasteiger partial charge in [-0.05, 0) is 0 Å². The molecule has 0 aromatic carbocycles. The summed E-state index contributed by atoms with van der Waals surface area (Å²) in [6.07, 6.45) is -0.908. The van der Waals surface area contributed by atoms with Gasteiger partial charge < -0.3 is 9.84 Å². The maximum Gasteiger partial charge on any atom is 0.416 e. The Morgan fingerprint density at radius 2 is 2.17 bits per heavy atom. The number of carbonyl (C=O) groups is 3. The number of imide groups is 1. The largest absolute Gasteiger partial charge is 0.481 e. The Bertz CT molecular complexity index is 190. The number of aliphatic carboxylic acids is 1. The first kappa shape index (κ1) is 10.4. The van der Waals surface area contributed by atoms with Crippen molar-refractivity contribution in [3.8, 4) is 0 Å². The minimum Gasteiger partial charge on any atom is -0.481 e. The third-order valence-corrected chi connectivity index (χ3v) is 1.10. The summed E-state index contributed by atoms with van der Waals surface area (Å²) in [4.78, 5) is 31.5. The molecule has 1 N–H and O–H groups in total. The van der Waals surface area contributed by atoms with Crippen LogP contribution in [0, 0.1) is 0 Å². The van der Waals surface area contributed by atoms with Crippen LogP contribution >= 0.6 is 0 Å². The van der Waals surface area contributed by atoms with Gasteiger partial charge in [-0.3, -0.25) is 9.59 Å². The lowest BCUT2D eigenvalue weighted by atomic mass is 10.4. The molecule has 0 saturated carbocycles. The number of rotatable bonds is 4. The van der Waals surface area contributed by atoms with Gasteiger partial charge in [-0.25, -0.2) is 9.69 Å². The number of carboxylic acid groups (broad SMARTS) is 1. The van der Waals surface area contributed by atoms with Crippen LogP contribution < -0.4 is 0 Å². The summed E-state index contributed by atoms with van der Waals surface area (Å²) < 4.78 is 4.20. The summed E-state index contributed by atoms with van der Waals surface area (Å²) in [5.41, 5.74) is 0. The van der Waals surface area contributed by atoms with Gasteiger partial charge in [0.2, 0.25) is 6.41 Å². The molecule has 0 heterocycles. The lowest BCUT2D eigenvalue weighted by molar-refractivity contribution is -0.137. The topological polar surface area (TPSA) is 83.9 Å². The molecule has 0 fully saturated rings. The maximum atomic E-state index is 10.6. The molecule has 0 bridgehead atoms. The zero-order valence-electron chi connectivity index (χ0n) is 6.52. The van der Waals surface area contributed by atoms with E-state index in [1.54, 1.807) is 0 Å². The summed E-state index contributed by atoms with van der Waals surface area (Å²) in [7, 11) is 1.11. The lowest BCUT2D eigenvalue weighted by Crippen LogP contribution is -2.31. The third kappa shape index (κ3) is 3.55. The number of amides is 2. The van der Waals surface area contributed by atoms with Gasteiger partial charge in [0, 0.05) is 6.54 Å². The van der Waals surface area contributed by atoms with Crippen LogP contribution in [0.1, 0.15) is 6.42 Å². The van der Waals surface area contributed by atoms with Gasteiger partial charge in [-0.15, -0.1) is 0 Å². The van der Waals surface area contributed by atoms with Gasteiger partial charge in [0.25, 0.3) is 0 Å². The average molecular weight is 175 g/mol. The predicted molar refractivity (Wildman–Crippen MR) is 37.4 cm³/mol. The van der Waals surface area contributed by atoms with Crippen molar-refractivity contribution in [1.82, 2.24) is 4.90 Å². The fourth-order valence-corrected chi connectivity index (χ4v) is 0.520. The standard InChI is InChI=1S/C6H9NO5/c1-12-6(11)7(4-8)3-2-5(9)10/h4H,2-3H2,1H3,(H,9,10). The van der Waals surface area contributed by atoms with E-state index in [0.717, 1.165) is 7.11 Å². The fourth-order valence-electron chi connectivity index (χ4n) is 0.520. The monoisotopic (exact) mass is 175 g/mol. The first-order chi connectivity index (χ1) is 5.61. The fraction of sp³-hybridized carbons (Fsp3) is 0.500. The second-order valence-electron chi connectivity index (χ2n) is 1.91. The van der Waals surface area contributed by atoms with Crippen molar-refractivity contribution in [1.29, 1.82) is 0 Å². The number of hydrogen-bond acceptors (Lipinski definition) is 4. The molecule has 0 saturated heterocycles. The molecule has 2 amide bonds. The van der Waals surface area contributed by atoms with E-state index in [-0.39, 0.29) is 19.4 Å². The molecule has 0 aliphatic rings. The molecule has 0 aliphatic heterocycles. The first-order valence-corrected chi connectivity index (χ1v) is 3.13. The average Bonchev–Trinajstić information content (AvgIpc) is 2.04. The van der Waals surface area contributed by atoms with Crippen LogP contribution in [0.3, 0.4) is 0 Å². The van der Waals surface area contributed by atoms with Crippen molar-refractivity contribution in [2.45, 2.75) is 6.42 Å². The van der Waals surface area contributed by atoms with Crippen LogP contribution in [0.4, 0.5) is 4.79 Å². The molecule has 0 radical (unpaired) electrons. The highest BCUT2D eigenvalue weighted by Crippen LogP contribution is 1.91. The zero-order chi connectivity index (χ0) is 9.56. The summed E-state index contributed by atoms with van der Waals surface area (Å²) in [5.74, 6) is -1.08. The Morgan fingerprint density at radius 1 is 1.58 bits per heavy atom. The molecule has 0 rings (SSSR count). The lowest BCUT2D eigenvalue weighted by Gasteiger charge is -2.11. The van der Waals surface area contributed by atoms with E-state index in [1.807, 2.05) is 0 Å². The van der Waals surface area contributed by atoms with Gasteiger partial charge in [-0.2, -0.15) is 0 Å². The third-order valence-electron chi connectivity index (χ3n) is 1.10.